The van der Waals surface area contributed by atoms with Crippen LogP contribution in [0, 0.1) is 11.3 Å². The zero-order valence-electron chi connectivity index (χ0n) is 12.9. The van der Waals surface area contributed by atoms with Crippen LogP contribution in [-0.4, -0.2) is 10.9 Å². The molecule has 0 spiro atoms. The summed E-state index contributed by atoms with van der Waals surface area (Å²) < 4.78 is 5.76. The summed E-state index contributed by atoms with van der Waals surface area (Å²) in [7, 11) is 0. The van der Waals surface area contributed by atoms with Crippen molar-refractivity contribution < 1.29 is 14.6 Å². The molecule has 0 fully saturated rings. The third-order valence-electron chi connectivity index (χ3n) is 3.37. The van der Waals surface area contributed by atoms with Crippen LogP contribution < -0.4 is 4.74 Å². The number of phenols is 1. The molecule has 0 aromatic heterocycles. The molecule has 0 bridgehead atoms. The number of ketones is 1. The summed E-state index contributed by atoms with van der Waals surface area (Å²) in [6.45, 7) is 5.36. The first-order valence-electron chi connectivity index (χ1n) is 7.14. The molecule has 1 N–H and O–H groups in total. The first-order chi connectivity index (χ1) is 11.0. The molecule has 0 saturated carbocycles. The highest BCUT2D eigenvalue weighted by molar-refractivity contribution is 5.97. The minimum absolute atomic E-state index is 0.105. The standard InChI is InChI=1S/C19H17NO3/c1-3-5-16-9-17(13(2)21)18(22)10-19(16)23-12-15-7-4-6-14(8-15)11-20/h3-4,6-10,22H,1,5,12H2,2H3. The maximum absolute atomic E-state index is 11.5. The average Bonchev–Trinajstić information content (AvgIpc) is 2.54. The van der Waals surface area contributed by atoms with Gasteiger partial charge in [-0.25, -0.2) is 0 Å². The van der Waals surface area contributed by atoms with Crippen LogP contribution in [-0.2, 0) is 13.0 Å². The third kappa shape index (κ3) is 3.98. The van der Waals surface area contributed by atoms with Gasteiger partial charge in [-0.2, -0.15) is 5.26 Å². The Labute approximate surface area is 135 Å². The van der Waals surface area contributed by atoms with Gasteiger partial charge in [-0.15, -0.1) is 6.58 Å². The smallest absolute Gasteiger partial charge is 0.163 e. The lowest BCUT2D eigenvalue weighted by Gasteiger charge is -2.13. The molecule has 2 aromatic carbocycles. The highest BCUT2D eigenvalue weighted by Crippen LogP contribution is 2.30. The number of nitrogens with zero attached hydrogens (tertiary/aromatic N) is 1. The average molecular weight is 307 g/mol. The van der Waals surface area contributed by atoms with Crippen molar-refractivity contribution in [3.05, 3.63) is 71.3 Å². The van der Waals surface area contributed by atoms with Gasteiger partial charge in [0.05, 0.1) is 17.2 Å². The summed E-state index contributed by atoms with van der Waals surface area (Å²) in [4.78, 5) is 11.5. The predicted molar refractivity (Wildman–Crippen MR) is 87.5 cm³/mol. The summed E-state index contributed by atoms with van der Waals surface area (Å²) >= 11 is 0. The summed E-state index contributed by atoms with van der Waals surface area (Å²) in [5.74, 6) is 0.182. The van der Waals surface area contributed by atoms with Gasteiger partial charge >= 0.3 is 0 Å². The van der Waals surface area contributed by atoms with Gasteiger partial charge in [-0.05, 0) is 42.7 Å². The third-order valence-corrected chi connectivity index (χ3v) is 3.37. The molecule has 0 radical (unpaired) electrons. The van der Waals surface area contributed by atoms with E-state index in [1.807, 2.05) is 6.07 Å². The number of aromatic hydroxyl groups is 1. The number of carbonyl (C=O) groups is 1. The summed E-state index contributed by atoms with van der Waals surface area (Å²) in [6.07, 6.45) is 2.23. The summed E-state index contributed by atoms with van der Waals surface area (Å²) in [6, 6.07) is 12.3. The Morgan fingerprint density at radius 2 is 2.17 bits per heavy atom. The highest BCUT2D eigenvalue weighted by atomic mass is 16.5. The maximum atomic E-state index is 11.5. The topological polar surface area (TPSA) is 70.3 Å². The largest absolute Gasteiger partial charge is 0.507 e. The van der Waals surface area contributed by atoms with E-state index in [4.69, 9.17) is 10.00 Å². The number of ether oxygens (including phenoxy) is 1. The van der Waals surface area contributed by atoms with Crippen LogP contribution in [0.4, 0.5) is 0 Å². The molecule has 2 rings (SSSR count). The van der Waals surface area contributed by atoms with Gasteiger partial charge in [0.15, 0.2) is 5.78 Å². The van der Waals surface area contributed by atoms with E-state index in [9.17, 15) is 9.90 Å². The fourth-order valence-corrected chi connectivity index (χ4v) is 2.24. The second-order valence-corrected chi connectivity index (χ2v) is 5.13. The van der Waals surface area contributed by atoms with E-state index < -0.39 is 0 Å². The van der Waals surface area contributed by atoms with Gasteiger partial charge in [0.2, 0.25) is 0 Å². The van der Waals surface area contributed by atoms with Crippen LogP contribution in [0.1, 0.15) is 34.0 Å². The molecule has 4 heteroatoms. The minimum atomic E-state index is -0.207. The number of carbonyl (C=O) groups excluding carboxylic acids is 1. The zero-order chi connectivity index (χ0) is 16.8. The first-order valence-corrected chi connectivity index (χ1v) is 7.14. The lowest BCUT2D eigenvalue weighted by atomic mass is 10.0. The van der Waals surface area contributed by atoms with Crippen molar-refractivity contribution >= 4 is 5.78 Å². The predicted octanol–water partition coefficient (Wildman–Crippen LogP) is 3.77. The number of Topliss-reactive ketones (excluding diaryl/α,β-unsaturated/α-hetero) is 1. The van der Waals surface area contributed by atoms with Gasteiger partial charge in [0.25, 0.3) is 0 Å². The first kappa shape index (κ1) is 16.3. The molecule has 0 atom stereocenters. The molecule has 0 saturated heterocycles. The molecule has 4 nitrogen and oxygen atoms in total. The fraction of sp³-hybridized carbons (Fsp3) is 0.158. The number of hydrogen-bond donors (Lipinski definition) is 1. The van der Waals surface area contributed by atoms with Crippen LogP contribution in [0.5, 0.6) is 11.5 Å². The monoisotopic (exact) mass is 307 g/mol. The van der Waals surface area contributed by atoms with E-state index >= 15 is 0 Å². The van der Waals surface area contributed by atoms with Crippen molar-refractivity contribution in [2.24, 2.45) is 0 Å². The van der Waals surface area contributed by atoms with Crippen molar-refractivity contribution in [3.63, 3.8) is 0 Å². The van der Waals surface area contributed by atoms with Gasteiger partial charge in [0, 0.05) is 6.07 Å². The summed E-state index contributed by atoms with van der Waals surface area (Å²) in [5, 5.41) is 18.9. The van der Waals surface area contributed by atoms with E-state index in [0.29, 0.717) is 17.7 Å². The second-order valence-electron chi connectivity index (χ2n) is 5.13. The van der Waals surface area contributed by atoms with Crippen molar-refractivity contribution in [2.75, 3.05) is 0 Å². The van der Waals surface area contributed by atoms with E-state index in [1.54, 1.807) is 30.3 Å². The van der Waals surface area contributed by atoms with Gasteiger partial charge in [-0.1, -0.05) is 18.2 Å². The van der Waals surface area contributed by atoms with Crippen molar-refractivity contribution in [3.8, 4) is 17.6 Å². The van der Waals surface area contributed by atoms with Crippen LogP contribution in [0.15, 0.2) is 49.1 Å². The molecule has 0 unspecified atom stereocenters. The molecule has 23 heavy (non-hydrogen) atoms. The van der Waals surface area contributed by atoms with Crippen LogP contribution in [0.2, 0.25) is 0 Å². The lowest BCUT2D eigenvalue weighted by Crippen LogP contribution is -2.02. The Hall–Kier alpha value is -3.06. The Kier molecular flexibility index (Phi) is 5.16. The summed E-state index contributed by atoms with van der Waals surface area (Å²) in [5.41, 5.74) is 2.45. The molecule has 0 aliphatic heterocycles. The number of rotatable bonds is 6. The number of allylic oxidation sites excluding steroid dienone is 1. The quantitative estimate of drug-likeness (QED) is 0.651. The Bertz CT molecular complexity index is 788. The van der Waals surface area contributed by atoms with E-state index in [0.717, 1.165) is 11.1 Å². The van der Waals surface area contributed by atoms with Gasteiger partial charge in [0.1, 0.15) is 18.1 Å². The molecule has 116 valence electrons. The van der Waals surface area contributed by atoms with E-state index in [1.165, 1.54) is 13.0 Å². The SMILES string of the molecule is C=CCc1cc(C(C)=O)c(O)cc1OCc1cccc(C#N)c1. The highest BCUT2D eigenvalue weighted by Gasteiger charge is 2.13. The number of phenolic OH excluding ortho intramolecular Hbond substituents is 1. The van der Waals surface area contributed by atoms with Crippen molar-refractivity contribution in [2.45, 2.75) is 20.0 Å². The van der Waals surface area contributed by atoms with Gasteiger partial charge < -0.3 is 9.84 Å². The molecule has 0 amide bonds. The Morgan fingerprint density at radius 3 is 2.83 bits per heavy atom. The number of benzene rings is 2. The molecule has 0 heterocycles. The van der Waals surface area contributed by atoms with Crippen LogP contribution in [0.25, 0.3) is 0 Å². The zero-order valence-corrected chi connectivity index (χ0v) is 12.9. The molecular formula is C19H17NO3. The normalized spacial score (nSPS) is 9.91. The van der Waals surface area contributed by atoms with Gasteiger partial charge in [-0.3, -0.25) is 4.79 Å². The van der Waals surface area contributed by atoms with E-state index in [-0.39, 0.29) is 23.7 Å². The lowest BCUT2D eigenvalue weighted by molar-refractivity contribution is 0.101. The molecule has 2 aromatic rings. The molecule has 0 aliphatic carbocycles. The van der Waals surface area contributed by atoms with E-state index in [2.05, 4.69) is 12.6 Å². The van der Waals surface area contributed by atoms with Crippen LogP contribution in [0.3, 0.4) is 0 Å². The fourth-order valence-electron chi connectivity index (χ4n) is 2.24. The molecular weight excluding hydrogens is 290 g/mol. The number of nitriles is 1. The Balaban J connectivity index is 2.27. The van der Waals surface area contributed by atoms with Crippen molar-refractivity contribution in [1.29, 1.82) is 5.26 Å². The number of hydrogen-bond acceptors (Lipinski definition) is 4. The van der Waals surface area contributed by atoms with Crippen LogP contribution >= 0.6 is 0 Å². The molecule has 0 aliphatic rings. The minimum Gasteiger partial charge on any atom is -0.507 e. The Morgan fingerprint density at radius 1 is 1.39 bits per heavy atom. The second kappa shape index (κ2) is 7.28. The maximum Gasteiger partial charge on any atom is 0.163 e. The van der Waals surface area contributed by atoms with Crippen molar-refractivity contribution in [1.82, 2.24) is 0 Å².